The second kappa shape index (κ2) is 9.23. The van der Waals surface area contributed by atoms with Crippen LogP contribution in [0.2, 0.25) is 0 Å². The molecule has 1 aromatic carbocycles. The molecule has 108 valence electrons. The van der Waals surface area contributed by atoms with E-state index in [0.717, 1.165) is 23.7 Å². The van der Waals surface area contributed by atoms with Crippen LogP contribution in [0.3, 0.4) is 0 Å². The zero-order valence-corrected chi connectivity index (χ0v) is 12.8. The molecule has 0 fully saturated rings. The van der Waals surface area contributed by atoms with E-state index in [1.165, 1.54) is 0 Å². The number of aliphatic hydroxyl groups excluding tert-OH is 1. The topological polar surface area (TPSA) is 38.7 Å². The molecular weight excluding hydrogens is 260 g/mol. The van der Waals surface area contributed by atoms with Crippen LogP contribution in [0.5, 0.6) is 5.75 Å². The normalized spacial score (nSPS) is 12.7. The Morgan fingerprint density at radius 2 is 1.89 bits per heavy atom. The molecule has 1 atom stereocenters. The van der Waals surface area contributed by atoms with Crippen LogP contribution in [0.4, 0.5) is 0 Å². The zero-order chi connectivity index (χ0) is 14.1. The van der Waals surface area contributed by atoms with Gasteiger partial charge in [0.2, 0.25) is 0 Å². The lowest BCUT2D eigenvalue weighted by molar-refractivity contribution is 0.0439. The number of aliphatic hydroxyl groups is 1. The van der Waals surface area contributed by atoms with Gasteiger partial charge in [-0.25, -0.2) is 0 Å². The first-order valence-electron chi connectivity index (χ1n) is 6.64. The Morgan fingerprint density at radius 1 is 1.21 bits per heavy atom. The molecule has 19 heavy (non-hydrogen) atoms. The van der Waals surface area contributed by atoms with Gasteiger partial charge in [0.25, 0.3) is 0 Å². The molecule has 1 rings (SSSR count). The molecule has 0 spiro atoms. The maximum absolute atomic E-state index is 9.81. The highest BCUT2D eigenvalue weighted by atomic mass is 32.2. The average Bonchev–Trinajstić information content (AvgIpc) is 2.41. The summed E-state index contributed by atoms with van der Waals surface area (Å²) in [4.78, 5) is 1.13. The molecule has 0 aromatic heterocycles. The minimum absolute atomic E-state index is 0.413. The van der Waals surface area contributed by atoms with E-state index < -0.39 is 6.10 Å². The van der Waals surface area contributed by atoms with Crippen molar-refractivity contribution in [2.75, 3.05) is 26.1 Å². The highest BCUT2D eigenvalue weighted by Crippen LogP contribution is 2.21. The van der Waals surface area contributed by atoms with Crippen LogP contribution < -0.4 is 4.74 Å². The van der Waals surface area contributed by atoms with Crippen molar-refractivity contribution in [1.29, 1.82) is 0 Å². The van der Waals surface area contributed by atoms with Crippen LogP contribution in [0, 0.1) is 5.92 Å². The predicted octanol–water partition coefficient (Wildman–Crippen LogP) is 3.21. The predicted molar refractivity (Wildman–Crippen MR) is 80.0 cm³/mol. The highest BCUT2D eigenvalue weighted by Gasteiger charge is 2.06. The first-order valence-corrected chi connectivity index (χ1v) is 7.63. The lowest BCUT2D eigenvalue weighted by atomic mass is 10.1. The summed E-state index contributed by atoms with van der Waals surface area (Å²) in [7, 11) is 1.65. The maximum atomic E-state index is 9.81. The van der Waals surface area contributed by atoms with E-state index >= 15 is 0 Å². The quantitative estimate of drug-likeness (QED) is 0.558. The van der Waals surface area contributed by atoms with Crippen LogP contribution in [0.25, 0.3) is 0 Å². The summed E-state index contributed by atoms with van der Waals surface area (Å²) < 4.78 is 10.5. The molecule has 3 nitrogen and oxygen atoms in total. The van der Waals surface area contributed by atoms with Gasteiger partial charge < -0.3 is 14.6 Å². The van der Waals surface area contributed by atoms with Gasteiger partial charge in [-0.05, 0) is 36.6 Å². The molecule has 4 heteroatoms. The van der Waals surface area contributed by atoms with E-state index in [2.05, 4.69) is 13.8 Å². The number of thioether (sulfide) groups is 1. The number of hydrogen-bond donors (Lipinski definition) is 1. The molecule has 0 bridgehead atoms. The first-order chi connectivity index (χ1) is 9.11. The van der Waals surface area contributed by atoms with Crippen LogP contribution in [0.15, 0.2) is 29.2 Å². The Labute approximate surface area is 120 Å². The van der Waals surface area contributed by atoms with Crippen LogP contribution in [-0.4, -0.2) is 37.3 Å². The van der Waals surface area contributed by atoms with Gasteiger partial charge in [0.1, 0.15) is 5.75 Å². The van der Waals surface area contributed by atoms with E-state index in [9.17, 15) is 5.11 Å². The third-order valence-corrected chi connectivity index (χ3v) is 3.81. The molecule has 1 aromatic rings. The standard InChI is InChI=1S/C15H24O3S/c1-12(2)8-9-18-10-13(16)11-19-15-6-4-14(17-3)5-7-15/h4-7,12-13,16H,8-11H2,1-3H3. The summed E-state index contributed by atoms with van der Waals surface area (Å²) in [5.41, 5.74) is 0. The van der Waals surface area contributed by atoms with Gasteiger partial charge in [0.15, 0.2) is 0 Å². The third-order valence-electron chi connectivity index (χ3n) is 2.65. The van der Waals surface area contributed by atoms with Gasteiger partial charge in [-0.2, -0.15) is 0 Å². The van der Waals surface area contributed by atoms with E-state index in [0.29, 0.717) is 18.3 Å². The number of benzene rings is 1. The molecule has 0 heterocycles. The molecule has 0 aliphatic carbocycles. The minimum atomic E-state index is -0.417. The summed E-state index contributed by atoms with van der Waals surface area (Å²) in [6.07, 6.45) is 0.623. The van der Waals surface area contributed by atoms with Gasteiger partial charge in [0, 0.05) is 17.3 Å². The minimum Gasteiger partial charge on any atom is -0.497 e. The Hall–Kier alpha value is -0.710. The Kier molecular flexibility index (Phi) is 7.94. The lowest BCUT2D eigenvalue weighted by Gasteiger charge is -2.12. The number of methoxy groups -OCH3 is 1. The number of hydrogen-bond acceptors (Lipinski definition) is 4. The molecule has 1 unspecified atom stereocenters. The summed E-state index contributed by atoms with van der Waals surface area (Å²) in [5.74, 6) is 2.14. The van der Waals surface area contributed by atoms with Gasteiger partial charge in [-0.3, -0.25) is 0 Å². The van der Waals surface area contributed by atoms with E-state index in [1.807, 2.05) is 24.3 Å². The Balaban J connectivity index is 2.16. The van der Waals surface area contributed by atoms with Gasteiger partial charge in [0.05, 0.1) is 19.8 Å². The molecule has 0 aliphatic heterocycles. The third kappa shape index (κ3) is 7.45. The SMILES string of the molecule is COc1ccc(SCC(O)COCCC(C)C)cc1. The molecular formula is C15H24O3S. The van der Waals surface area contributed by atoms with Crippen molar-refractivity contribution in [3.63, 3.8) is 0 Å². The van der Waals surface area contributed by atoms with Crippen molar-refractivity contribution >= 4 is 11.8 Å². The Bertz CT molecular complexity index is 338. The summed E-state index contributed by atoms with van der Waals surface area (Å²) >= 11 is 1.63. The van der Waals surface area contributed by atoms with E-state index in [-0.39, 0.29) is 0 Å². The smallest absolute Gasteiger partial charge is 0.118 e. The summed E-state index contributed by atoms with van der Waals surface area (Å²) in [5, 5.41) is 9.81. The first kappa shape index (κ1) is 16.3. The second-order valence-corrected chi connectivity index (χ2v) is 5.99. The fraction of sp³-hybridized carbons (Fsp3) is 0.600. The average molecular weight is 284 g/mol. The van der Waals surface area contributed by atoms with Crippen molar-refractivity contribution in [3.8, 4) is 5.75 Å². The fourth-order valence-electron chi connectivity index (χ4n) is 1.45. The Morgan fingerprint density at radius 3 is 2.47 bits per heavy atom. The van der Waals surface area contributed by atoms with Gasteiger partial charge in [-0.15, -0.1) is 11.8 Å². The summed E-state index contributed by atoms with van der Waals surface area (Å²) in [6, 6.07) is 7.84. The summed E-state index contributed by atoms with van der Waals surface area (Å²) in [6.45, 7) is 5.47. The number of rotatable bonds is 9. The maximum Gasteiger partial charge on any atom is 0.118 e. The molecule has 0 aliphatic rings. The molecule has 0 radical (unpaired) electrons. The second-order valence-electron chi connectivity index (χ2n) is 4.90. The van der Waals surface area contributed by atoms with Crippen LogP contribution >= 0.6 is 11.8 Å². The van der Waals surface area contributed by atoms with Crippen molar-refractivity contribution in [1.82, 2.24) is 0 Å². The van der Waals surface area contributed by atoms with Gasteiger partial charge in [-0.1, -0.05) is 13.8 Å². The number of ether oxygens (including phenoxy) is 2. The largest absolute Gasteiger partial charge is 0.497 e. The van der Waals surface area contributed by atoms with E-state index in [4.69, 9.17) is 9.47 Å². The monoisotopic (exact) mass is 284 g/mol. The molecule has 0 saturated heterocycles. The van der Waals surface area contributed by atoms with Crippen molar-refractivity contribution in [3.05, 3.63) is 24.3 Å². The lowest BCUT2D eigenvalue weighted by Crippen LogP contribution is -2.18. The van der Waals surface area contributed by atoms with Crippen LogP contribution in [0.1, 0.15) is 20.3 Å². The fourth-order valence-corrected chi connectivity index (χ4v) is 2.26. The molecule has 0 saturated carbocycles. The van der Waals surface area contributed by atoms with Crippen molar-refractivity contribution in [2.45, 2.75) is 31.3 Å². The van der Waals surface area contributed by atoms with E-state index in [1.54, 1.807) is 18.9 Å². The molecule has 1 N–H and O–H groups in total. The zero-order valence-electron chi connectivity index (χ0n) is 12.0. The van der Waals surface area contributed by atoms with Crippen molar-refractivity contribution in [2.24, 2.45) is 5.92 Å². The molecule has 0 amide bonds. The van der Waals surface area contributed by atoms with Crippen LogP contribution in [-0.2, 0) is 4.74 Å². The van der Waals surface area contributed by atoms with Crippen molar-refractivity contribution < 1.29 is 14.6 Å². The highest BCUT2D eigenvalue weighted by molar-refractivity contribution is 7.99. The van der Waals surface area contributed by atoms with Gasteiger partial charge >= 0.3 is 0 Å².